The zero-order valence-corrected chi connectivity index (χ0v) is 10.4. The van der Waals surface area contributed by atoms with Crippen molar-refractivity contribution in [3.05, 3.63) is 0 Å². The van der Waals surface area contributed by atoms with Gasteiger partial charge >= 0.3 is 18.0 Å². The van der Waals surface area contributed by atoms with Crippen molar-refractivity contribution in [3.8, 4) is 0 Å². The molecule has 0 bridgehead atoms. The highest BCUT2D eigenvalue weighted by Gasteiger charge is 2.74. The molecule has 0 N–H and O–H groups in total. The van der Waals surface area contributed by atoms with Crippen molar-refractivity contribution in [3.63, 3.8) is 0 Å². The Morgan fingerprint density at radius 3 is 1.28 bits per heavy atom. The topological polar surface area (TPSA) is 0 Å². The number of hydrogen-bond acceptors (Lipinski definition) is 0. The molecular weight excluding hydrogens is 267 g/mol. The van der Waals surface area contributed by atoms with E-state index in [0.717, 1.165) is 0 Å². The lowest BCUT2D eigenvalue weighted by Crippen LogP contribution is -2.62. The van der Waals surface area contributed by atoms with Gasteiger partial charge in [0.1, 0.15) is 0 Å². The number of hydrogen-bond donors (Lipinski definition) is 0. The molecule has 0 saturated heterocycles. The van der Waals surface area contributed by atoms with Crippen molar-refractivity contribution in [2.45, 2.75) is 38.8 Å². The molecule has 0 fully saturated rings. The summed E-state index contributed by atoms with van der Waals surface area (Å²) in [5.74, 6) is -11.1. The zero-order chi connectivity index (χ0) is 14.8. The van der Waals surface area contributed by atoms with Crippen LogP contribution in [0.2, 0.25) is 0 Å². The molecule has 0 aliphatic rings. The van der Waals surface area contributed by atoms with Gasteiger partial charge in [-0.3, -0.25) is 0 Å². The van der Waals surface area contributed by atoms with Crippen LogP contribution in [0.1, 0.15) is 20.8 Å². The van der Waals surface area contributed by atoms with Crippen LogP contribution in [0.25, 0.3) is 0 Å². The minimum atomic E-state index is -6.25. The maximum Gasteiger partial charge on any atom is 0.460 e. The first-order valence-corrected chi connectivity index (χ1v) is 5.56. The van der Waals surface area contributed by atoms with Crippen molar-refractivity contribution < 1.29 is 35.2 Å². The predicted molar refractivity (Wildman–Crippen MR) is 52.7 cm³/mol. The molecule has 0 aromatic heterocycles. The van der Waals surface area contributed by atoms with E-state index in [0.29, 0.717) is 0 Å². The first-order valence-electron chi connectivity index (χ1n) is 5.56. The summed E-state index contributed by atoms with van der Waals surface area (Å²) in [4.78, 5) is 0. The molecule has 110 valence electrons. The average Bonchev–Trinajstić information content (AvgIpc) is 2.24. The average molecular weight is 284 g/mol. The van der Waals surface area contributed by atoms with Crippen molar-refractivity contribution in [1.29, 1.82) is 0 Å². The van der Waals surface area contributed by atoms with E-state index in [9.17, 15) is 30.7 Å². The van der Waals surface area contributed by atoms with Gasteiger partial charge in [-0.05, 0) is 20.8 Å². The summed E-state index contributed by atoms with van der Waals surface area (Å²) in [5, 5.41) is 0. The van der Waals surface area contributed by atoms with Crippen LogP contribution in [0.3, 0.4) is 0 Å². The largest absolute Gasteiger partial charge is 0.460 e. The fourth-order valence-corrected chi connectivity index (χ4v) is 1.73. The Hall–Kier alpha value is -0.530. The summed E-state index contributed by atoms with van der Waals surface area (Å²) in [6.07, 6.45) is -6.25. The number of quaternary nitrogens is 1. The number of nitrogens with zero attached hydrogens (tertiary/aromatic N) is 1. The molecule has 0 unspecified atom stereocenters. The summed E-state index contributed by atoms with van der Waals surface area (Å²) in [7, 11) is 0. The lowest BCUT2D eigenvalue weighted by Gasteiger charge is -2.40. The number of rotatable bonds is 6. The van der Waals surface area contributed by atoms with Gasteiger partial charge in [0.25, 0.3) is 0 Å². The zero-order valence-electron chi connectivity index (χ0n) is 10.4. The number of alkyl halides is 7. The van der Waals surface area contributed by atoms with Gasteiger partial charge in [-0.1, -0.05) is 0 Å². The van der Waals surface area contributed by atoms with Gasteiger partial charge in [0.05, 0.1) is 19.6 Å². The Labute approximate surface area is 101 Å². The van der Waals surface area contributed by atoms with E-state index in [1.54, 1.807) is 0 Å². The van der Waals surface area contributed by atoms with Crippen molar-refractivity contribution in [2.75, 3.05) is 26.2 Å². The summed E-state index contributed by atoms with van der Waals surface area (Å²) < 4.78 is 87.5. The van der Waals surface area contributed by atoms with Crippen LogP contribution in [0.5, 0.6) is 0 Å². The van der Waals surface area contributed by atoms with Crippen LogP contribution in [-0.4, -0.2) is 48.7 Å². The van der Waals surface area contributed by atoms with Crippen LogP contribution in [0.4, 0.5) is 30.7 Å². The maximum atomic E-state index is 13.3. The smallest absolute Gasteiger partial charge is 0.319 e. The molecule has 1 nitrogen and oxygen atoms in total. The van der Waals surface area contributed by atoms with Gasteiger partial charge in [0, 0.05) is 0 Å². The SMILES string of the molecule is CC[N+](CC)(CC)CC(F)(F)C(F)(F)C(F)(F)F. The minimum absolute atomic E-state index is 0.0660. The highest BCUT2D eigenvalue weighted by Crippen LogP contribution is 2.47. The van der Waals surface area contributed by atoms with Crippen molar-refractivity contribution in [2.24, 2.45) is 0 Å². The molecule has 0 aromatic carbocycles. The third-order valence-corrected chi connectivity index (χ3v) is 3.36. The summed E-state index contributed by atoms with van der Waals surface area (Å²) in [6, 6.07) is 0. The van der Waals surface area contributed by atoms with E-state index in [4.69, 9.17) is 0 Å². The van der Waals surface area contributed by atoms with Crippen molar-refractivity contribution >= 4 is 0 Å². The second-order valence-corrected chi connectivity index (χ2v) is 4.23. The lowest BCUT2D eigenvalue weighted by atomic mass is 10.1. The first kappa shape index (κ1) is 17.5. The molecule has 0 atom stereocenters. The van der Waals surface area contributed by atoms with Crippen LogP contribution in [-0.2, 0) is 0 Å². The summed E-state index contributed by atoms with van der Waals surface area (Å²) in [5.41, 5.74) is 0. The fourth-order valence-electron chi connectivity index (χ4n) is 1.73. The molecular formula is C10H17F7N+. The van der Waals surface area contributed by atoms with Gasteiger partial charge in [-0.2, -0.15) is 30.7 Å². The molecule has 0 heterocycles. The van der Waals surface area contributed by atoms with E-state index < -0.39 is 29.0 Å². The second-order valence-electron chi connectivity index (χ2n) is 4.23. The Morgan fingerprint density at radius 2 is 1.06 bits per heavy atom. The lowest BCUT2D eigenvalue weighted by molar-refractivity contribution is -0.931. The van der Waals surface area contributed by atoms with Gasteiger partial charge in [-0.15, -0.1) is 0 Å². The molecule has 0 amide bonds. The highest BCUT2D eigenvalue weighted by atomic mass is 19.4. The Kier molecular flexibility index (Phi) is 5.07. The highest BCUT2D eigenvalue weighted by molar-refractivity contribution is 4.91. The van der Waals surface area contributed by atoms with Crippen molar-refractivity contribution in [1.82, 2.24) is 0 Å². The number of halogens is 7. The van der Waals surface area contributed by atoms with E-state index in [2.05, 4.69) is 0 Å². The van der Waals surface area contributed by atoms with E-state index in [1.807, 2.05) is 0 Å². The van der Waals surface area contributed by atoms with Crippen LogP contribution in [0, 0.1) is 0 Å². The minimum Gasteiger partial charge on any atom is -0.319 e. The maximum absolute atomic E-state index is 13.3. The van der Waals surface area contributed by atoms with E-state index in [-0.39, 0.29) is 19.6 Å². The van der Waals surface area contributed by atoms with Gasteiger partial charge in [0.15, 0.2) is 6.54 Å². The molecule has 0 rings (SSSR count). The Balaban J connectivity index is 5.28. The molecule has 0 aliphatic carbocycles. The van der Waals surface area contributed by atoms with E-state index >= 15 is 0 Å². The quantitative estimate of drug-likeness (QED) is 0.515. The Morgan fingerprint density at radius 1 is 0.722 bits per heavy atom. The standard InChI is InChI=1S/C10H17F7N/c1-4-18(5-2,6-3)7-8(11,12)9(13,14)10(15,16)17/h4-7H2,1-3H3/q+1. The Bertz CT molecular complexity index is 260. The monoisotopic (exact) mass is 284 g/mol. The molecule has 8 heteroatoms. The predicted octanol–water partition coefficient (Wildman–Crippen LogP) is 3.70. The molecule has 0 radical (unpaired) electrons. The molecule has 18 heavy (non-hydrogen) atoms. The molecule has 0 aromatic rings. The molecule has 0 aliphatic heterocycles. The van der Waals surface area contributed by atoms with Gasteiger partial charge in [-0.25, -0.2) is 0 Å². The van der Waals surface area contributed by atoms with Crippen LogP contribution >= 0.6 is 0 Å². The van der Waals surface area contributed by atoms with Crippen LogP contribution in [0.15, 0.2) is 0 Å². The first-order chi connectivity index (χ1) is 7.89. The normalized spacial score (nSPS) is 15.0. The second kappa shape index (κ2) is 5.22. The molecule has 0 spiro atoms. The van der Waals surface area contributed by atoms with Crippen LogP contribution < -0.4 is 0 Å². The molecule has 0 saturated carbocycles. The third kappa shape index (κ3) is 3.07. The summed E-state index contributed by atoms with van der Waals surface area (Å²) >= 11 is 0. The van der Waals surface area contributed by atoms with Gasteiger partial charge in [0.2, 0.25) is 0 Å². The third-order valence-electron chi connectivity index (χ3n) is 3.36. The van der Waals surface area contributed by atoms with Gasteiger partial charge < -0.3 is 4.48 Å². The summed E-state index contributed by atoms with van der Waals surface area (Å²) in [6.45, 7) is 3.12. The fraction of sp³-hybridized carbons (Fsp3) is 1.00. The van der Waals surface area contributed by atoms with E-state index in [1.165, 1.54) is 20.8 Å².